The van der Waals surface area contributed by atoms with Gasteiger partial charge in [-0.1, -0.05) is 0 Å². The lowest BCUT2D eigenvalue weighted by molar-refractivity contribution is 0.0693. The lowest BCUT2D eigenvalue weighted by Crippen LogP contribution is -2.27. The van der Waals surface area contributed by atoms with Crippen molar-refractivity contribution < 1.29 is 23.4 Å². The van der Waals surface area contributed by atoms with E-state index in [0.717, 1.165) is 18.2 Å². The molecular weight excluding hydrogens is 329 g/mol. The highest BCUT2D eigenvalue weighted by atomic mass is 35.5. The van der Waals surface area contributed by atoms with E-state index >= 15 is 0 Å². The molecule has 0 spiro atoms. The molecule has 0 heterocycles. The number of benzene rings is 1. The predicted molar refractivity (Wildman–Crippen MR) is 72.8 cm³/mol. The zero-order chi connectivity index (χ0) is 15.1. The van der Waals surface area contributed by atoms with Crippen LogP contribution in [0, 0.1) is 5.92 Å². The molecule has 0 bridgehead atoms. The molecule has 3 N–H and O–H groups in total. The van der Waals surface area contributed by atoms with Crippen molar-refractivity contribution in [2.75, 3.05) is 6.54 Å². The summed E-state index contributed by atoms with van der Waals surface area (Å²) in [6.07, 6.45) is 0.495. The maximum absolute atomic E-state index is 12.0. The number of carboxylic acid groups (broad SMARTS) is 1. The Morgan fingerprint density at radius 1 is 1.45 bits per heavy atom. The van der Waals surface area contributed by atoms with Crippen LogP contribution in [0.1, 0.15) is 16.8 Å². The van der Waals surface area contributed by atoms with Crippen LogP contribution in [0.15, 0.2) is 23.1 Å². The number of hydrogen-bond acceptors (Lipinski definition) is 4. The number of aromatic hydroxyl groups is 1. The van der Waals surface area contributed by atoms with Gasteiger partial charge in [-0.05, 0) is 24.6 Å². The summed E-state index contributed by atoms with van der Waals surface area (Å²) >= 11 is 11.6. The highest BCUT2D eigenvalue weighted by Crippen LogP contribution is 2.52. The van der Waals surface area contributed by atoms with E-state index in [1.54, 1.807) is 0 Å². The number of nitrogens with one attached hydrogen (secondary N) is 1. The van der Waals surface area contributed by atoms with Crippen molar-refractivity contribution in [3.05, 3.63) is 23.8 Å². The van der Waals surface area contributed by atoms with Crippen molar-refractivity contribution in [1.82, 2.24) is 4.72 Å². The highest BCUT2D eigenvalue weighted by Gasteiger charge is 2.51. The number of aromatic carboxylic acids is 1. The fourth-order valence-corrected chi connectivity index (χ4v) is 3.27. The molecule has 1 aliphatic rings. The van der Waals surface area contributed by atoms with Gasteiger partial charge >= 0.3 is 5.97 Å². The average molecular weight is 340 g/mol. The van der Waals surface area contributed by atoms with Gasteiger partial charge in [-0.2, -0.15) is 0 Å². The molecule has 0 aliphatic heterocycles. The first kappa shape index (κ1) is 15.4. The largest absolute Gasteiger partial charge is 0.507 e. The molecule has 110 valence electrons. The van der Waals surface area contributed by atoms with Crippen LogP contribution < -0.4 is 4.72 Å². The molecule has 1 saturated carbocycles. The van der Waals surface area contributed by atoms with Crippen LogP contribution >= 0.6 is 23.2 Å². The third-order valence-corrected chi connectivity index (χ3v) is 5.33. The molecule has 9 heteroatoms. The molecule has 0 saturated heterocycles. The Bertz CT molecular complexity index is 659. The van der Waals surface area contributed by atoms with Gasteiger partial charge in [-0.25, -0.2) is 17.9 Å². The van der Waals surface area contributed by atoms with Gasteiger partial charge in [0.25, 0.3) is 0 Å². The molecule has 1 aromatic carbocycles. The summed E-state index contributed by atoms with van der Waals surface area (Å²) in [5.41, 5.74) is -0.483. The Hall–Kier alpha value is -1.02. The summed E-state index contributed by atoms with van der Waals surface area (Å²) in [5.74, 6) is -2.09. The Labute approximate surface area is 125 Å². The molecule has 6 nitrogen and oxygen atoms in total. The minimum Gasteiger partial charge on any atom is -0.507 e. The van der Waals surface area contributed by atoms with E-state index < -0.39 is 31.6 Å². The van der Waals surface area contributed by atoms with E-state index in [9.17, 15) is 18.3 Å². The van der Waals surface area contributed by atoms with E-state index in [1.165, 1.54) is 0 Å². The minimum atomic E-state index is -3.88. The van der Waals surface area contributed by atoms with Gasteiger partial charge in [0.1, 0.15) is 15.6 Å². The summed E-state index contributed by atoms with van der Waals surface area (Å²) in [7, 11) is -3.88. The first-order chi connectivity index (χ1) is 9.13. The third kappa shape index (κ3) is 3.17. The molecule has 0 amide bonds. The second kappa shape index (κ2) is 5.07. The van der Waals surface area contributed by atoms with E-state index in [0.29, 0.717) is 6.42 Å². The van der Waals surface area contributed by atoms with Crippen molar-refractivity contribution in [1.29, 1.82) is 0 Å². The van der Waals surface area contributed by atoms with Crippen molar-refractivity contribution in [2.45, 2.75) is 15.6 Å². The fraction of sp³-hybridized carbons (Fsp3) is 0.364. The van der Waals surface area contributed by atoms with Crippen LogP contribution in [0.2, 0.25) is 0 Å². The van der Waals surface area contributed by atoms with Gasteiger partial charge in [0.05, 0.1) is 4.90 Å². The summed E-state index contributed by atoms with van der Waals surface area (Å²) in [6, 6.07) is 3.02. The third-order valence-electron chi connectivity index (χ3n) is 2.98. The molecule has 0 radical (unpaired) electrons. The summed E-state index contributed by atoms with van der Waals surface area (Å²) < 4.78 is 25.4. The van der Waals surface area contributed by atoms with E-state index in [-0.39, 0.29) is 17.4 Å². The van der Waals surface area contributed by atoms with Crippen molar-refractivity contribution >= 4 is 39.2 Å². The number of carbonyl (C=O) groups is 1. The number of sulfonamides is 1. The number of carboxylic acids is 1. The van der Waals surface area contributed by atoms with Crippen LogP contribution in [0.5, 0.6) is 5.75 Å². The Morgan fingerprint density at radius 3 is 2.55 bits per heavy atom. The number of alkyl halides is 2. The Kier molecular flexibility index (Phi) is 3.90. The SMILES string of the molecule is O=C(O)c1cc(S(=O)(=O)NCC2CC2(Cl)Cl)ccc1O. The first-order valence-electron chi connectivity index (χ1n) is 5.57. The van der Waals surface area contributed by atoms with Crippen molar-refractivity contribution in [3.8, 4) is 5.75 Å². The predicted octanol–water partition coefficient (Wildman–Crippen LogP) is 1.56. The Morgan fingerprint density at radius 2 is 2.05 bits per heavy atom. The lowest BCUT2D eigenvalue weighted by atomic mass is 10.2. The standard InChI is InChI=1S/C11H11Cl2NO5S/c12-11(13)4-6(11)5-14-20(18,19)7-1-2-9(15)8(3-7)10(16)17/h1-3,6,14-15H,4-5H2,(H,16,17). The van der Waals surface area contributed by atoms with Crippen molar-refractivity contribution in [2.24, 2.45) is 5.92 Å². The molecule has 1 fully saturated rings. The lowest BCUT2D eigenvalue weighted by Gasteiger charge is -2.08. The van der Waals surface area contributed by atoms with Gasteiger partial charge in [0, 0.05) is 12.5 Å². The van der Waals surface area contributed by atoms with Gasteiger partial charge in [-0.15, -0.1) is 23.2 Å². The molecule has 1 atom stereocenters. The second-order valence-corrected chi connectivity index (χ2v) is 7.81. The molecule has 0 aromatic heterocycles. The second-order valence-electron chi connectivity index (χ2n) is 4.50. The monoisotopic (exact) mass is 339 g/mol. The van der Waals surface area contributed by atoms with Crippen LogP contribution in [-0.2, 0) is 10.0 Å². The summed E-state index contributed by atoms with van der Waals surface area (Å²) in [6.45, 7) is 0.0681. The number of rotatable bonds is 5. The Balaban J connectivity index is 2.17. The zero-order valence-corrected chi connectivity index (χ0v) is 12.3. The van der Waals surface area contributed by atoms with E-state index in [4.69, 9.17) is 28.3 Å². The first-order valence-corrected chi connectivity index (χ1v) is 7.81. The topological polar surface area (TPSA) is 104 Å². The average Bonchev–Trinajstić information content (AvgIpc) is 2.95. The van der Waals surface area contributed by atoms with E-state index in [1.807, 2.05) is 0 Å². The van der Waals surface area contributed by atoms with Gasteiger partial charge in [0.2, 0.25) is 10.0 Å². The number of phenols is 1. The summed E-state index contributed by atoms with van der Waals surface area (Å²) in [5, 5.41) is 18.2. The molecule has 1 aromatic rings. The minimum absolute atomic E-state index is 0.0681. The van der Waals surface area contributed by atoms with Crippen molar-refractivity contribution in [3.63, 3.8) is 0 Å². The maximum atomic E-state index is 12.0. The van der Waals surface area contributed by atoms with Gasteiger partial charge in [0.15, 0.2) is 0 Å². The summed E-state index contributed by atoms with van der Waals surface area (Å²) in [4.78, 5) is 10.6. The zero-order valence-electron chi connectivity index (χ0n) is 10.0. The quantitative estimate of drug-likeness (QED) is 0.706. The maximum Gasteiger partial charge on any atom is 0.339 e. The normalized spacial score (nSPS) is 20.6. The van der Waals surface area contributed by atoms with Gasteiger partial charge in [-0.3, -0.25) is 0 Å². The molecular formula is C11H11Cl2NO5S. The molecule has 1 unspecified atom stereocenters. The van der Waals surface area contributed by atoms with Crippen LogP contribution in [0.25, 0.3) is 0 Å². The molecule has 2 rings (SSSR count). The fourth-order valence-electron chi connectivity index (χ4n) is 1.64. The number of hydrogen-bond donors (Lipinski definition) is 3. The molecule has 20 heavy (non-hydrogen) atoms. The highest BCUT2D eigenvalue weighted by molar-refractivity contribution is 7.89. The van der Waals surface area contributed by atoms with Gasteiger partial charge < -0.3 is 10.2 Å². The smallest absolute Gasteiger partial charge is 0.339 e. The number of halogens is 2. The molecule has 1 aliphatic carbocycles. The van der Waals surface area contributed by atoms with E-state index in [2.05, 4.69) is 4.72 Å². The van der Waals surface area contributed by atoms with Crippen LogP contribution in [0.4, 0.5) is 0 Å². The van der Waals surface area contributed by atoms with Crippen LogP contribution in [0.3, 0.4) is 0 Å². The van der Waals surface area contributed by atoms with Crippen LogP contribution in [-0.4, -0.2) is 35.5 Å².